The van der Waals surface area contributed by atoms with Crippen LogP contribution >= 0.6 is 0 Å². The van der Waals surface area contributed by atoms with Crippen molar-refractivity contribution in [3.8, 4) is 0 Å². The molecule has 0 saturated heterocycles. The number of amides is 1. The van der Waals surface area contributed by atoms with Gasteiger partial charge in [0, 0.05) is 18.0 Å². The van der Waals surface area contributed by atoms with Gasteiger partial charge in [-0.2, -0.15) is 0 Å². The maximum absolute atomic E-state index is 12.2. The van der Waals surface area contributed by atoms with Gasteiger partial charge in [0.25, 0.3) is 0 Å². The lowest BCUT2D eigenvalue weighted by molar-refractivity contribution is -0.117. The summed E-state index contributed by atoms with van der Waals surface area (Å²) >= 11 is 0. The Balaban J connectivity index is 1.63. The van der Waals surface area contributed by atoms with Gasteiger partial charge in [-0.05, 0) is 42.8 Å². The lowest BCUT2D eigenvalue weighted by Gasteiger charge is -2.10. The number of rotatable bonds is 6. The average molecular weight is 385 g/mol. The molecule has 0 aliphatic carbocycles. The summed E-state index contributed by atoms with van der Waals surface area (Å²) in [6.07, 6.45) is 5.99. The van der Waals surface area contributed by atoms with E-state index < -0.39 is 10.0 Å². The molecule has 2 heterocycles. The summed E-state index contributed by atoms with van der Waals surface area (Å²) in [5.41, 5.74) is 1.95. The Bertz CT molecular complexity index is 1090. The van der Waals surface area contributed by atoms with Gasteiger partial charge in [-0.15, -0.1) is 10.2 Å². The fourth-order valence-electron chi connectivity index (χ4n) is 2.53. The van der Waals surface area contributed by atoms with E-state index in [9.17, 15) is 13.2 Å². The molecule has 1 amide bonds. The lowest BCUT2D eigenvalue weighted by atomic mass is 10.2. The largest absolute Gasteiger partial charge is 0.343 e. The second-order valence-electron chi connectivity index (χ2n) is 6.05. The molecule has 140 valence electrons. The van der Waals surface area contributed by atoms with Crippen molar-refractivity contribution >= 4 is 33.3 Å². The zero-order valence-electron chi connectivity index (χ0n) is 14.8. The van der Waals surface area contributed by atoms with Crippen LogP contribution in [0.15, 0.2) is 54.7 Å². The van der Waals surface area contributed by atoms with Crippen molar-refractivity contribution in [2.45, 2.75) is 13.0 Å². The molecule has 2 N–H and O–H groups in total. The minimum absolute atomic E-state index is 0.270. The second-order valence-corrected chi connectivity index (χ2v) is 7.80. The highest BCUT2D eigenvalue weighted by Gasteiger charge is 2.14. The molecule has 0 radical (unpaired) electrons. The Kier molecular flexibility index (Phi) is 5.22. The van der Waals surface area contributed by atoms with Gasteiger partial charge < -0.3 is 5.32 Å². The van der Waals surface area contributed by atoms with E-state index in [1.165, 1.54) is 6.08 Å². The number of carbonyl (C=O) groups is 1. The van der Waals surface area contributed by atoms with Crippen molar-refractivity contribution in [3.05, 3.63) is 66.1 Å². The Morgan fingerprint density at radius 2 is 1.89 bits per heavy atom. The third-order valence-corrected chi connectivity index (χ3v) is 4.33. The smallest absolute Gasteiger partial charge is 0.244 e. The van der Waals surface area contributed by atoms with Gasteiger partial charge in [0.2, 0.25) is 15.9 Å². The molecule has 3 aromatic rings. The minimum atomic E-state index is -3.31. The van der Waals surface area contributed by atoms with Crippen LogP contribution in [0.25, 0.3) is 11.7 Å². The first kappa shape index (κ1) is 18.6. The Morgan fingerprint density at radius 1 is 1.15 bits per heavy atom. The van der Waals surface area contributed by atoms with E-state index in [2.05, 4.69) is 20.2 Å². The van der Waals surface area contributed by atoms with E-state index in [-0.39, 0.29) is 11.9 Å². The monoisotopic (exact) mass is 385 g/mol. The molecule has 1 unspecified atom stereocenters. The van der Waals surface area contributed by atoms with Crippen molar-refractivity contribution in [1.29, 1.82) is 0 Å². The van der Waals surface area contributed by atoms with Crippen molar-refractivity contribution in [1.82, 2.24) is 19.9 Å². The molecule has 0 fully saturated rings. The molecule has 0 aliphatic rings. The predicted octanol–water partition coefficient (Wildman–Crippen LogP) is 1.99. The van der Waals surface area contributed by atoms with E-state index >= 15 is 0 Å². The second kappa shape index (κ2) is 7.58. The molecule has 1 atom stereocenters. The SMILES string of the molecule is CC(NC(=O)/C=C/c1ccc(NS(C)(=O)=O)cc1)c1nnc2ccccn12. The number of aromatic nitrogens is 3. The van der Waals surface area contributed by atoms with Crippen molar-refractivity contribution in [2.75, 3.05) is 11.0 Å². The van der Waals surface area contributed by atoms with Crippen LogP contribution in [0.2, 0.25) is 0 Å². The summed E-state index contributed by atoms with van der Waals surface area (Å²) in [6.45, 7) is 1.83. The van der Waals surface area contributed by atoms with E-state index in [4.69, 9.17) is 0 Å². The maximum Gasteiger partial charge on any atom is 0.244 e. The van der Waals surface area contributed by atoms with Crippen LogP contribution in [0, 0.1) is 0 Å². The van der Waals surface area contributed by atoms with Crippen LogP contribution in [0.4, 0.5) is 5.69 Å². The number of sulfonamides is 1. The summed E-state index contributed by atoms with van der Waals surface area (Å²) in [6, 6.07) is 12.0. The van der Waals surface area contributed by atoms with Crippen molar-refractivity contribution in [2.24, 2.45) is 0 Å². The van der Waals surface area contributed by atoms with Gasteiger partial charge in [-0.25, -0.2) is 8.42 Å². The number of nitrogens with zero attached hydrogens (tertiary/aromatic N) is 3. The summed E-state index contributed by atoms with van der Waals surface area (Å²) in [5.74, 6) is 0.372. The Labute approximate surface area is 157 Å². The first-order chi connectivity index (χ1) is 12.8. The normalized spacial score (nSPS) is 13.0. The number of hydrogen-bond acceptors (Lipinski definition) is 5. The summed E-state index contributed by atoms with van der Waals surface area (Å²) in [4.78, 5) is 12.2. The number of hydrogen-bond donors (Lipinski definition) is 2. The number of carbonyl (C=O) groups excluding carboxylic acids is 1. The van der Waals surface area contributed by atoms with E-state index in [1.807, 2.05) is 35.7 Å². The molecule has 8 nitrogen and oxygen atoms in total. The van der Waals surface area contributed by atoms with Crippen LogP contribution in [-0.2, 0) is 14.8 Å². The quantitative estimate of drug-likeness (QED) is 0.631. The highest BCUT2D eigenvalue weighted by atomic mass is 32.2. The van der Waals surface area contributed by atoms with Crippen LogP contribution in [0.1, 0.15) is 24.4 Å². The highest BCUT2D eigenvalue weighted by Crippen LogP contribution is 2.13. The molecule has 0 aliphatic heterocycles. The molecule has 27 heavy (non-hydrogen) atoms. The van der Waals surface area contributed by atoms with Gasteiger partial charge in [0.05, 0.1) is 12.3 Å². The fraction of sp³-hybridized carbons (Fsp3) is 0.167. The first-order valence-electron chi connectivity index (χ1n) is 8.18. The molecule has 3 rings (SSSR count). The molecular formula is C18H19N5O3S. The summed E-state index contributed by atoms with van der Waals surface area (Å²) in [7, 11) is -3.31. The summed E-state index contributed by atoms with van der Waals surface area (Å²) < 4.78 is 26.6. The third kappa shape index (κ3) is 4.91. The van der Waals surface area contributed by atoms with Gasteiger partial charge in [0.1, 0.15) is 0 Å². The maximum atomic E-state index is 12.2. The van der Waals surface area contributed by atoms with Crippen LogP contribution in [0.5, 0.6) is 0 Å². The van der Waals surface area contributed by atoms with E-state index in [1.54, 1.807) is 30.3 Å². The molecule has 2 aromatic heterocycles. The highest BCUT2D eigenvalue weighted by molar-refractivity contribution is 7.92. The average Bonchev–Trinajstić information content (AvgIpc) is 3.04. The topological polar surface area (TPSA) is 105 Å². The molecule has 0 spiro atoms. The standard InChI is InChI=1S/C18H19N5O3S/c1-13(18-21-20-16-5-3-4-12-23(16)18)19-17(24)11-8-14-6-9-15(10-7-14)22-27(2,25)26/h3-13,22H,1-2H3,(H,19,24)/b11-8+. The minimum Gasteiger partial charge on any atom is -0.343 e. The number of fused-ring (bicyclic) bond motifs is 1. The van der Waals surface area contributed by atoms with E-state index in [0.29, 0.717) is 17.2 Å². The zero-order valence-corrected chi connectivity index (χ0v) is 15.6. The number of anilines is 1. The molecule has 9 heteroatoms. The molecule has 1 aromatic carbocycles. The lowest BCUT2D eigenvalue weighted by Crippen LogP contribution is -2.26. The van der Waals surface area contributed by atoms with Crippen molar-refractivity contribution in [3.63, 3.8) is 0 Å². The van der Waals surface area contributed by atoms with Crippen LogP contribution in [-0.4, -0.2) is 35.2 Å². The summed E-state index contributed by atoms with van der Waals surface area (Å²) in [5, 5.41) is 11.0. The van der Waals surface area contributed by atoms with E-state index in [0.717, 1.165) is 11.8 Å². The third-order valence-electron chi connectivity index (χ3n) is 3.73. The first-order valence-corrected chi connectivity index (χ1v) is 10.1. The molecule has 0 bridgehead atoms. The number of pyridine rings is 1. The Hall–Kier alpha value is -3.20. The van der Waals surface area contributed by atoms with Gasteiger partial charge in [-0.3, -0.25) is 13.9 Å². The predicted molar refractivity (Wildman–Crippen MR) is 103 cm³/mol. The Morgan fingerprint density at radius 3 is 2.59 bits per heavy atom. The van der Waals surface area contributed by atoms with Gasteiger partial charge in [-0.1, -0.05) is 18.2 Å². The zero-order chi connectivity index (χ0) is 19.4. The van der Waals surface area contributed by atoms with Gasteiger partial charge in [0.15, 0.2) is 11.5 Å². The molecular weight excluding hydrogens is 366 g/mol. The van der Waals surface area contributed by atoms with Gasteiger partial charge >= 0.3 is 0 Å². The van der Waals surface area contributed by atoms with Crippen LogP contribution in [0.3, 0.4) is 0 Å². The fourth-order valence-corrected chi connectivity index (χ4v) is 3.09. The van der Waals surface area contributed by atoms with Crippen molar-refractivity contribution < 1.29 is 13.2 Å². The van der Waals surface area contributed by atoms with Crippen LogP contribution < -0.4 is 10.0 Å². The number of nitrogens with one attached hydrogen (secondary N) is 2. The number of benzene rings is 1. The molecule has 0 saturated carbocycles.